The van der Waals surface area contributed by atoms with E-state index in [-0.39, 0.29) is 5.72 Å². The zero-order valence-electron chi connectivity index (χ0n) is 16.1. The molecule has 2 aliphatic rings. The molecule has 0 aromatic heterocycles. The maximum atomic E-state index is 6.48. The van der Waals surface area contributed by atoms with Crippen LogP contribution in [-0.2, 0) is 16.1 Å². The summed E-state index contributed by atoms with van der Waals surface area (Å²) >= 11 is 0. The van der Waals surface area contributed by atoms with E-state index in [0.717, 1.165) is 24.9 Å². The standard InChI is InChI=1S/C22H35NO2/c1-22(25-18-20-8-4-3-5-9-20)14-6-7-15-23(22)16-19-10-12-21(13-11-19)17-24-2/h3-5,8-9,19,21H,6-7,10-18H2,1-2H3. The summed E-state index contributed by atoms with van der Waals surface area (Å²) in [6.45, 7) is 6.35. The maximum absolute atomic E-state index is 6.48. The molecule has 1 aromatic carbocycles. The van der Waals surface area contributed by atoms with Gasteiger partial charge >= 0.3 is 0 Å². The summed E-state index contributed by atoms with van der Waals surface area (Å²) in [7, 11) is 1.83. The topological polar surface area (TPSA) is 21.7 Å². The van der Waals surface area contributed by atoms with Gasteiger partial charge in [0.1, 0.15) is 5.72 Å². The van der Waals surface area contributed by atoms with E-state index < -0.39 is 0 Å². The molecule has 1 unspecified atom stereocenters. The van der Waals surface area contributed by atoms with E-state index in [1.165, 1.54) is 57.2 Å². The van der Waals surface area contributed by atoms with Crippen LogP contribution in [0.25, 0.3) is 0 Å². The van der Waals surface area contributed by atoms with Gasteiger partial charge in [-0.1, -0.05) is 30.3 Å². The first kappa shape index (κ1) is 18.9. The smallest absolute Gasteiger partial charge is 0.119 e. The lowest BCUT2D eigenvalue weighted by Crippen LogP contribution is -2.53. The lowest BCUT2D eigenvalue weighted by Gasteiger charge is -2.46. The molecular formula is C22H35NO2. The van der Waals surface area contributed by atoms with E-state index in [2.05, 4.69) is 42.2 Å². The van der Waals surface area contributed by atoms with Gasteiger partial charge in [0.25, 0.3) is 0 Å². The Hall–Kier alpha value is -0.900. The number of likely N-dealkylation sites (tertiary alicyclic amines) is 1. The summed E-state index contributed by atoms with van der Waals surface area (Å²) in [6, 6.07) is 10.6. The first-order chi connectivity index (χ1) is 12.2. The van der Waals surface area contributed by atoms with E-state index in [1.54, 1.807) is 0 Å². The Labute approximate surface area is 153 Å². The van der Waals surface area contributed by atoms with Crippen LogP contribution in [0.15, 0.2) is 30.3 Å². The third kappa shape index (κ3) is 5.29. The summed E-state index contributed by atoms with van der Waals surface area (Å²) < 4.78 is 11.8. The summed E-state index contributed by atoms with van der Waals surface area (Å²) in [4.78, 5) is 2.64. The van der Waals surface area contributed by atoms with Crippen molar-refractivity contribution in [2.24, 2.45) is 11.8 Å². The molecule has 3 nitrogen and oxygen atoms in total. The van der Waals surface area contributed by atoms with Gasteiger partial charge in [-0.15, -0.1) is 0 Å². The highest BCUT2D eigenvalue weighted by molar-refractivity contribution is 5.13. The summed E-state index contributed by atoms with van der Waals surface area (Å²) in [6.07, 6.45) is 9.09. The molecule has 1 aliphatic heterocycles. The lowest BCUT2D eigenvalue weighted by atomic mass is 9.81. The molecule has 1 aliphatic carbocycles. The quantitative estimate of drug-likeness (QED) is 0.704. The number of methoxy groups -OCH3 is 1. The fourth-order valence-corrected chi connectivity index (χ4v) is 4.54. The SMILES string of the molecule is COCC1CCC(CN2CCCCC2(C)OCc2ccccc2)CC1. The van der Waals surface area contributed by atoms with Gasteiger partial charge in [-0.25, -0.2) is 0 Å². The van der Waals surface area contributed by atoms with Gasteiger partial charge < -0.3 is 9.47 Å². The molecule has 0 spiro atoms. The molecule has 1 saturated heterocycles. The zero-order chi connectivity index (χ0) is 17.5. The Morgan fingerprint density at radius 3 is 2.48 bits per heavy atom. The number of piperidine rings is 1. The van der Waals surface area contributed by atoms with Crippen molar-refractivity contribution in [3.63, 3.8) is 0 Å². The van der Waals surface area contributed by atoms with Crippen LogP contribution >= 0.6 is 0 Å². The van der Waals surface area contributed by atoms with Crippen molar-refractivity contribution >= 4 is 0 Å². The number of rotatable bonds is 7. The van der Waals surface area contributed by atoms with Crippen LogP contribution in [0.2, 0.25) is 0 Å². The largest absolute Gasteiger partial charge is 0.384 e. The molecule has 0 bridgehead atoms. The molecule has 1 heterocycles. The molecule has 3 heteroatoms. The molecular weight excluding hydrogens is 310 g/mol. The van der Waals surface area contributed by atoms with Gasteiger partial charge in [0, 0.05) is 26.8 Å². The number of hydrogen-bond acceptors (Lipinski definition) is 3. The van der Waals surface area contributed by atoms with Crippen molar-refractivity contribution in [2.45, 2.75) is 64.2 Å². The molecule has 0 radical (unpaired) electrons. The van der Waals surface area contributed by atoms with E-state index >= 15 is 0 Å². The number of ether oxygens (including phenoxy) is 2. The molecule has 0 amide bonds. The predicted octanol–water partition coefficient (Wildman–Crippen LogP) is 4.86. The highest BCUT2D eigenvalue weighted by Gasteiger charge is 2.37. The second-order valence-corrected chi connectivity index (χ2v) is 8.19. The Bertz CT molecular complexity index is 498. The Kier molecular flexibility index (Phi) is 6.92. The van der Waals surface area contributed by atoms with Gasteiger partial charge in [0.15, 0.2) is 0 Å². The van der Waals surface area contributed by atoms with E-state index in [1.807, 2.05) is 7.11 Å². The monoisotopic (exact) mass is 345 g/mol. The van der Waals surface area contributed by atoms with E-state index in [0.29, 0.717) is 6.61 Å². The fourth-order valence-electron chi connectivity index (χ4n) is 4.54. The summed E-state index contributed by atoms with van der Waals surface area (Å²) in [5.41, 5.74) is 1.17. The van der Waals surface area contributed by atoms with Crippen molar-refractivity contribution in [3.05, 3.63) is 35.9 Å². The van der Waals surface area contributed by atoms with Crippen molar-refractivity contribution in [2.75, 3.05) is 26.8 Å². The Morgan fingerprint density at radius 1 is 1.04 bits per heavy atom. The Balaban J connectivity index is 1.53. The predicted molar refractivity (Wildman–Crippen MR) is 102 cm³/mol. The third-order valence-electron chi connectivity index (χ3n) is 6.23. The minimum Gasteiger partial charge on any atom is -0.384 e. The molecule has 2 fully saturated rings. The molecule has 0 N–H and O–H groups in total. The summed E-state index contributed by atoms with van der Waals surface area (Å²) in [5.74, 6) is 1.61. The number of nitrogens with zero attached hydrogens (tertiary/aromatic N) is 1. The Morgan fingerprint density at radius 2 is 1.76 bits per heavy atom. The van der Waals surface area contributed by atoms with Gasteiger partial charge in [-0.3, -0.25) is 4.90 Å². The van der Waals surface area contributed by atoms with Crippen LogP contribution in [-0.4, -0.2) is 37.4 Å². The first-order valence-electron chi connectivity index (χ1n) is 10.1. The number of benzene rings is 1. The minimum atomic E-state index is -0.0997. The molecule has 1 aromatic rings. The van der Waals surface area contributed by atoms with Gasteiger partial charge in [0.05, 0.1) is 6.61 Å². The molecule has 25 heavy (non-hydrogen) atoms. The van der Waals surface area contributed by atoms with Crippen LogP contribution in [0.5, 0.6) is 0 Å². The van der Waals surface area contributed by atoms with Crippen LogP contribution in [0, 0.1) is 11.8 Å². The maximum Gasteiger partial charge on any atom is 0.119 e. The fraction of sp³-hybridized carbons (Fsp3) is 0.727. The van der Waals surface area contributed by atoms with Gasteiger partial charge in [-0.2, -0.15) is 0 Å². The molecule has 3 rings (SSSR count). The average molecular weight is 346 g/mol. The second kappa shape index (κ2) is 9.16. The van der Waals surface area contributed by atoms with Crippen LogP contribution in [0.1, 0.15) is 57.4 Å². The normalized spacial score (nSPS) is 31.1. The van der Waals surface area contributed by atoms with Crippen LogP contribution in [0.4, 0.5) is 0 Å². The van der Waals surface area contributed by atoms with E-state index in [9.17, 15) is 0 Å². The summed E-state index contributed by atoms with van der Waals surface area (Å²) in [5, 5.41) is 0. The highest BCUT2D eigenvalue weighted by atomic mass is 16.5. The van der Waals surface area contributed by atoms with Crippen molar-refractivity contribution < 1.29 is 9.47 Å². The molecule has 1 saturated carbocycles. The second-order valence-electron chi connectivity index (χ2n) is 8.19. The highest BCUT2D eigenvalue weighted by Crippen LogP contribution is 2.35. The van der Waals surface area contributed by atoms with Gasteiger partial charge in [0.2, 0.25) is 0 Å². The van der Waals surface area contributed by atoms with Crippen molar-refractivity contribution in [1.29, 1.82) is 0 Å². The van der Waals surface area contributed by atoms with Gasteiger partial charge in [-0.05, 0) is 69.3 Å². The molecule has 1 atom stereocenters. The lowest BCUT2D eigenvalue weighted by molar-refractivity contribution is -0.176. The zero-order valence-corrected chi connectivity index (χ0v) is 16.1. The van der Waals surface area contributed by atoms with Crippen LogP contribution in [0.3, 0.4) is 0 Å². The first-order valence-corrected chi connectivity index (χ1v) is 10.1. The van der Waals surface area contributed by atoms with E-state index in [4.69, 9.17) is 9.47 Å². The van der Waals surface area contributed by atoms with Crippen molar-refractivity contribution in [3.8, 4) is 0 Å². The number of hydrogen-bond donors (Lipinski definition) is 0. The molecule has 140 valence electrons. The third-order valence-corrected chi connectivity index (χ3v) is 6.23. The van der Waals surface area contributed by atoms with Crippen molar-refractivity contribution in [1.82, 2.24) is 4.90 Å². The minimum absolute atomic E-state index is 0.0997. The average Bonchev–Trinajstić information content (AvgIpc) is 2.65. The van der Waals surface area contributed by atoms with Crippen LogP contribution < -0.4 is 0 Å².